The third-order valence-electron chi connectivity index (χ3n) is 2.01. The predicted molar refractivity (Wildman–Crippen MR) is 42.0 cm³/mol. The van der Waals surface area contributed by atoms with Gasteiger partial charge in [-0.2, -0.15) is 0 Å². The number of nitrogens with one attached hydrogen (secondary N) is 1. The van der Waals surface area contributed by atoms with Gasteiger partial charge in [0.1, 0.15) is 0 Å². The lowest BCUT2D eigenvalue weighted by Gasteiger charge is -2.31. The average Bonchev–Trinajstić information content (AvgIpc) is 2.05. The minimum Gasteiger partial charge on any atom is -0.339 e. The van der Waals surface area contributed by atoms with Crippen molar-refractivity contribution >= 4 is 5.91 Å². The molecule has 63 valence electrons. The molecule has 0 aromatic heterocycles. The standard InChI is InChI=1S/C7H14N3O/c1-9-2-4-10(5-3-9)7(11)6-8/h8H,2-6H2,1H3. The first kappa shape index (κ1) is 8.49. The highest BCUT2D eigenvalue weighted by Crippen LogP contribution is 1.98. The van der Waals surface area contributed by atoms with Crippen molar-refractivity contribution in [2.45, 2.75) is 0 Å². The van der Waals surface area contributed by atoms with Gasteiger partial charge in [0, 0.05) is 26.2 Å². The molecule has 0 unspecified atom stereocenters. The quantitative estimate of drug-likeness (QED) is 0.491. The monoisotopic (exact) mass is 156 g/mol. The lowest BCUT2D eigenvalue weighted by molar-refractivity contribution is -0.131. The van der Waals surface area contributed by atoms with Gasteiger partial charge >= 0.3 is 0 Å². The Balaban J connectivity index is 2.33. The first-order valence-corrected chi connectivity index (χ1v) is 3.85. The van der Waals surface area contributed by atoms with Crippen molar-refractivity contribution in [2.24, 2.45) is 0 Å². The maximum Gasteiger partial charge on any atom is 0.238 e. The summed E-state index contributed by atoms with van der Waals surface area (Å²) in [5.41, 5.74) is 6.89. The first-order chi connectivity index (χ1) is 5.24. The third kappa shape index (κ3) is 2.17. The molecule has 1 amide bonds. The van der Waals surface area contributed by atoms with Crippen molar-refractivity contribution in [3.63, 3.8) is 0 Å². The van der Waals surface area contributed by atoms with Crippen LogP contribution in [0.4, 0.5) is 0 Å². The number of carbonyl (C=O) groups is 1. The predicted octanol–water partition coefficient (Wildman–Crippen LogP) is -0.957. The topological polar surface area (TPSA) is 47.4 Å². The van der Waals surface area contributed by atoms with Crippen LogP contribution in [0.2, 0.25) is 0 Å². The number of hydrogen-bond donors (Lipinski definition) is 0. The van der Waals surface area contributed by atoms with Crippen LogP contribution in [0.3, 0.4) is 0 Å². The van der Waals surface area contributed by atoms with Crippen LogP contribution in [-0.4, -0.2) is 55.5 Å². The first-order valence-electron chi connectivity index (χ1n) is 3.85. The van der Waals surface area contributed by atoms with Gasteiger partial charge in [0.05, 0.1) is 6.54 Å². The van der Waals surface area contributed by atoms with E-state index in [1.165, 1.54) is 0 Å². The Morgan fingerprint density at radius 2 is 1.91 bits per heavy atom. The fourth-order valence-electron chi connectivity index (χ4n) is 1.17. The summed E-state index contributed by atoms with van der Waals surface area (Å²) >= 11 is 0. The van der Waals surface area contributed by atoms with E-state index in [0.717, 1.165) is 26.2 Å². The van der Waals surface area contributed by atoms with Crippen molar-refractivity contribution in [3.05, 3.63) is 0 Å². The number of carbonyl (C=O) groups excluding carboxylic acids is 1. The van der Waals surface area contributed by atoms with Gasteiger partial charge in [0.15, 0.2) is 0 Å². The lowest BCUT2D eigenvalue weighted by atomic mass is 10.3. The summed E-state index contributed by atoms with van der Waals surface area (Å²) in [7, 11) is 2.04. The molecule has 0 saturated carbocycles. The highest BCUT2D eigenvalue weighted by Gasteiger charge is 2.17. The fourth-order valence-corrected chi connectivity index (χ4v) is 1.17. The number of rotatable bonds is 1. The molecule has 4 heteroatoms. The maximum atomic E-state index is 11.0. The van der Waals surface area contributed by atoms with Crippen LogP contribution in [0.25, 0.3) is 0 Å². The van der Waals surface area contributed by atoms with E-state index in [0.29, 0.717) is 0 Å². The molecule has 1 saturated heterocycles. The summed E-state index contributed by atoms with van der Waals surface area (Å²) in [5.74, 6) is -0.0434. The summed E-state index contributed by atoms with van der Waals surface area (Å²) in [6, 6.07) is 0. The molecule has 0 aromatic rings. The summed E-state index contributed by atoms with van der Waals surface area (Å²) in [6.07, 6.45) is 0. The molecule has 1 aliphatic heterocycles. The van der Waals surface area contributed by atoms with Gasteiger partial charge in [-0.25, -0.2) is 5.73 Å². The van der Waals surface area contributed by atoms with Crippen LogP contribution in [0.5, 0.6) is 0 Å². The van der Waals surface area contributed by atoms with E-state index >= 15 is 0 Å². The number of amides is 1. The van der Waals surface area contributed by atoms with Gasteiger partial charge in [-0.3, -0.25) is 4.79 Å². The Bertz CT molecular complexity index is 141. The minimum absolute atomic E-state index is 0.0434. The van der Waals surface area contributed by atoms with Crippen molar-refractivity contribution in [1.82, 2.24) is 15.5 Å². The van der Waals surface area contributed by atoms with Crippen LogP contribution in [-0.2, 0) is 4.79 Å². The van der Waals surface area contributed by atoms with Crippen LogP contribution in [0.15, 0.2) is 0 Å². The van der Waals surface area contributed by atoms with Crippen molar-refractivity contribution in [1.29, 1.82) is 0 Å². The number of likely N-dealkylation sites (N-methyl/N-ethyl adjacent to an activating group) is 1. The lowest BCUT2D eigenvalue weighted by Crippen LogP contribution is -2.48. The van der Waals surface area contributed by atoms with Crippen LogP contribution >= 0.6 is 0 Å². The summed E-state index contributed by atoms with van der Waals surface area (Å²) in [6.45, 7) is 3.34. The zero-order valence-corrected chi connectivity index (χ0v) is 6.84. The van der Waals surface area contributed by atoms with Gasteiger partial charge in [-0.15, -0.1) is 0 Å². The molecule has 1 heterocycles. The number of piperazine rings is 1. The molecule has 0 aromatic carbocycles. The molecule has 11 heavy (non-hydrogen) atoms. The highest BCUT2D eigenvalue weighted by atomic mass is 16.2. The summed E-state index contributed by atoms with van der Waals surface area (Å²) in [4.78, 5) is 14.9. The van der Waals surface area contributed by atoms with E-state index in [-0.39, 0.29) is 12.5 Å². The molecule has 0 aliphatic carbocycles. The Morgan fingerprint density at radius 3 is 2.36 bits per heavy atom. The van der Waals surface area contributed by atoms with Gasteiger partial charge < -0.3 is 9.80 Å². The molecular weight excluding hydrogens is 142 g/mol. The second kappa shape index (κ2) is 3.69. The van der Waals surface area contributed by atoms with Crippen molar-refractivity contribution in [3.8, 4) is 0 Å². The largest absolute Gasteiger partial charge is 0.339 e. The van der Waals surface area contributed by atoms with E-state index < -0.39 is 0 Å². The molecular formula is C7H14N3O. The van der Waals surface area contributed by atoms with Gasteiger partial charge in [-0.1, -0.05) is 0 Å². The van der Waals surface area contributed by atoms with Crippen LogP contribution < -0.4 is 5.73 Å². The summed E-state index contributed by atoms with van der Waals surface area (Å²) in [5, 5.41) is 0. The van der Waals surface area contributed by atoms with Crippen LogP contribution in [0, 0.1) is 0 Å². The van der Waals surface area contributed by atoms with Crippen molar-refractivity contribution < 1.29 is 4.79 Å². The molecule has 0 bridgehead atoms. The van der Waals surface area contributed by atoms with E-state index in [2.05, 4.69) is 4.90 Å². The second-order valence-electron chi connectivity index (χ2n) is 2.86. The van der Waals surface area contributed by atoms with Gasteiger partial charge in [-0.05, 0) is 7.05 Å². The van der Waals surface area contributed by atoms with E-state index in [9.17, 15) is 4.79 Å². The Morgan fingerprint density at radius 1 is 1.36 bits per heavy atom. The summed E-state index contributed by atoms with van der Waals surface area (Å²) < 4.78 is 0. The van der Waals surface area contributed by atoms with E-state index in [4.69, 9.17) is 5.73 Å². The van der Waals surface area contributed by atoms with E-state index in [1.807, 2.05) is 7.05 Å². The number of nitrogens with zero attached hydrogens (tertiary/aromatic N) is 2. The Kier molecular flexibility index (Phi) is 2.84. The van der Waals surface area contributed by atoms with E-state index in [1.54, 1.807) is 4.90 Å². The molecule has 1 rings (SSSR count). The zero-order chi connectivity index (χ0) is 8.27. The van der Waals surface area contributed by atoms with Crippen LogP contribution in [0.1, 0.15) is 0 Å². The molecule has 0 atom stereocenters. The smallest absolute Gasteiger partial charge is 0.238 e. The zero-order valence-electron chi connectivity index (χ0n) is 6.84. The molecule has 0 spiro atoms. The Hall–Kier alpha value is -0.610. The fraction of sp³-hybridized carbons (Fsp3) is 0.857. The second-order valence-corrected chi connectivity index (χ2v) is 2.86. The molecule has 1 fully saturated rings. The van der Waals surface area contributed by atoms with Gasteiger partial charge in [0.25, 0.3) is 0 Å². The maximum absolute atomic E-state index is 11.0. The highest BCUT2D eigenvalue weighted by molar-refractivity contribution is 5.77. The minimum atomic E-state index is -0.107. The SMILES string of the molecule is CN1CCN(C(=O)C[NH])CC1. The molecule has 1 N–H and O–H groups in total. The van der Waals surface area contributed by atoms with Crippen molar-refractivity contribution in [2.75, 3.05) is 39.8 Å². The molecule has 1 radical (unpaired) electrons. The molecule has 4 nitrogen and oxygen atoms in total. The van der Waals surface area contributed by atoms with Gasteiger partial charge in [0.2, 0.25) is 5.91 Å². The molecule has 1 aliphatic rings. The third-order valence-corrected chi connectivity index (χ3v) is 2.01. The average molecular weight is 156 g/mol. The normalized spacial score (nSPS) is 20.4. The Labute approximate surface area is 66.9 Å². The number of hydrogen-bond acceptors (Lipinski definition) is 2.